The third-order valence-electron chi connectivity index (χ3n) is 7.34. The Hall–Kier alpha value is -2.86. The van der Waals surface area contributed by atoms with Crippen LogP contribution in [0.3, 0.4) is 0 Å². The summed E-state index contributed by atoms with van der Waals surface area (Å²) in [6, 6.07) is 14.2. The SMILES string of the molecule is CCCCCCCCCCCCCCOc1cc(CN(C(C)=O)c2ccc(C[n+]3ccsc3)cc2)ccc1OC. The van der Waals surface area contributed by atoms with Gasteiger partial charge in [0.15, 0.2) is 24.2 Å². The van der Waals surface area contributed by atoms with Crippen LogP contribution in [0, 0.1) is 0 Å². The van der Waals surface area contributed by atoms with Crippen molar-refractivity contribution in [1.82, 2.24) is 0 Å². The minimum absolute atomic E-state index is 0.00902. The fourth-order valence-electron chi connectivity index (χ4n) is 4.97. The molecule has 3 aromatic rings. The smallest absolute Gasteiger partial charge is 0.224 e. The highest BCUT2D eigenvalue weighted by Gasteiger charge is 2.15. The fourth-order valence-corrected chi connectivity index (χ4v) is 5.57. The maximum Gasteiger partial charge on any atom is 0.224 e. The van der Waals surface area contributed by atoms with Crippen LogP contribution in [0.5, 0.6) is 11.5 Å². The highest BCUT2D eigenvalue weighted by atomic mass is 32.1. The monoisotopic (exact) mass is 565 g/mol. The Morgan fingerprint density at radius 1 is 0.825 bits per heavy atom. The minimum Gasteiger partial charge on any atom is -0.493 e. The number of nitrogens with zero attached hydrogens (tertiary/aromatic N) is 2. The summed E-state index contributed by atoms with van der Waals surface area (Å²) >= 11 is 1.68. The lowest BCUT2D eigenvalue weighted by Gasteiger charge is -2.22. The molecule has 218 valence electrons. The second-order valence-corrected chi connectivity index (χ2v) is 11.4. The van der Waals surface area contributed by atoms with E-state index < -0.39 is 0 Å². The van der Waals surface area contributed by atoms with Crippen LogP contribution in [0.15, 0.2) is 59.6 Å². The maximum absolute atomic E-state index is 12.6. The molecule has 40 heavy (non-hydrogen) atoms. The Balaban J connectivity index is 1.43. The van der Waals surface area contributed by atoms with Gasteiger partial charge in [0.2, 0.25) is 11.4 Å². The molecule has 0 unspecified atom stereocenters. The molecule has 3 rings (SSSR count). The van der Waals surface area contributed by atoms with Crippen LogP contribution in [0.2, 0.25) is 0 Å². The van der Waals surface area contributed by atoms with Gasteiger partial charge in [-0.25, -0.2) is 0 Å². The number of anilines is 1. The van der Waals surface area contributed by atoms with Gasteiger partial charge in [-0.3, -0.25) is 4.79 Å². The fraction of sp³-hybridized carbons (Fsp3) is 0.529. The molecule has 6 heteroatoms. The Bertz CT molecular complexity index is 1100. The predicted octanol–water partition coefficient (Wildman–Crippen LogP) is 8.73. The van der Waals surface area contributed by atoms with Crippen molar-refractivity contribution < 1.29 is 18.8 Å². The first-order valence-electron chi connectivity index (χ1n) is 15.2. The molecule has 1 heterocycles. The molecule has 0 atom stereocenters. The van der Waals surface area contributed by atoms with E-state index in [0.717, 1.165) is 35.7 Å². The molecule has 0 bridgehead atoms. The Labute approximate surface area is 246 Å². The molecule has 0 aliphatic heterocycles. The number of thiazole rings is 1. The third kappa shape index (κ3) is 11.3. The van der Waals surface area contributed by atoms with Crippen molar-refractivity contribution in [3.05, 3.63) is 70.7 Å². The van der Waals surface area contributed by atoms with Gasteiger partial charge in [-0.05, 0) is 36.2 Å². The van der Waals surface area contributed by atoms with Crippen molar-refractivity contribution in [1.29, 1.82) is 0 Å². The van der Waals surface area contributed by atoms with E-state index >= 15 is 0 Å². The largest absolute Gasteiger partial charge is 0.493 e. The highest BCUT2D eigenvalue weighted by molar-refractivity contribution is 7.07. The molecule has 2 aromatic carbocycles. The van der Waals surface area contributed by atoms with Gasteiger partial charge < -0.3 is 14.4 Å². The molecule has 0 aliphatic carbocycles. The quantitative estimate of drug-likeness (QED) is 0.102. The summed E-state index contributed by atoms with van der Waals surface area (Å²) in [5, 5.41) is 2.07. The normalized spacial score (nSPS) is 11.0. The average molecular weight is 566 g/mol. The van der Waals surface area contributed by atoms with Crippen LogP contribution < -0.4 is 18.9 Å². The first kappa shape index (κ1) is 31.7. The van der Waals surface area contributed by atoms with Crippen molar-refractivity contribution in [2.24, 2.45) is 0 Å². The highest BCUT2D eigenvalue weighted by Crippen LogP contribution is 2.30. The van der Waals surface area contributed by atoms with Crippen LogP contribution in [-0.4, -0.2) is 19.6 Å². The molecule has 0 radical (unpaired) electrons. The molecule has 0 saturated carbocycles. The second kappa shape index (κ2) is 18.5. The van der Waals surface area contributed by atoms with Gasteiger partial charge in [0.1, 0.15) is 0 Å². The van der Waals surface area contributed by atoms with Gasteiger partial charge in [0.25, 0.3) is 0 Å². The molecular weight excluding hydrogens is 516 g/mol. The first-order chi connectivity index (χ1) is 19.6. The van der Waals surface area contributed by atoms with Crippen LogP contribution in [0.4, 0.5) is 5.69 Å². The number of carbonyl (C=O) groups excluding carboxylic acids is 1. The molecule has 0 saturated heterocycles. The molecular formula is C34H49N2O3S+. The number of benzene rings is 2. The summed E-state index contributed by atoms with van der Waals surface area (Å²) in [6.07, 6.45) is 18.0. The molecule has 0 aliphatic rings. The standard InChI is InChI=1S/C34H49N2O3S/c1-4-5-6-7-8-9-10-11-12-13-14-15-23-39-34-25-31(18-21-33(34)38-3)27-36(29(2)37)32-19-16-30(17-20-32)26-35-22-24-40-28-35/h16-22,24-25,28H,4-15,23,26-27H2,1-3H3/q+1. The zero-order valence-electron chi connectivity index (χ0n) is 24.9. The third-order valence-corrected chi connectivity index (χ3v) is 8.02. The number of ether oxygens (including phenoxy) is 2. The van der Waals surface area contributed by atoms with Crippen LogP contribution in [0.1, 0.15) is 102 Å². The number of hydrogen-bond acceptors (Lipinski definition) is 4. The summed E-state index contributed by atoms with van der Waals surface area (Å²) in [5.74, 6) is 1.48. The van der Waals surface area contributed by atoms with Crippen molar-refractivity contribution in [2.75, 3.05) is 18.6 Å². The Morgan fingerprint density at radius 2 is 1.45 bits per heavy atom. The molecule has 5 nitrogen and oxygen atoms in total. The summed E-state index contributed by atoms with van der Waals surface area (Å²) in [5.41, 5.74) is 5.20. The van der Waals surface area contributed by atoms with E-state index in [1.165, 1.54) is 76.2 Å². The number of unbranched alkanes of at least 4 members (excludes halogenated alkanes) is 11. The topological polar surface area (TPSA) is 42.7 Å². The Morgan fingerprint density at radius 3 is 2.02 bits per heavy atom. The average Bonchev–Trinajstić information content (AvgIpc) is 3.48. The van der Waals surface area contributed by atoms with Gasteiger partial charge in [-0.2, -0.15) is 4.57 Å². The van der Waals surface area contributed by atoms with Crippen molar-refractivity contribution >= 4 is 22.9 Å². The first-order valence-corrected chi connectivity index (χ1v) is 16.1. The zero-order chi connectivity index (χ0) is 28.4. The van der Waals surface area contributed by atoms with Crippen molar-refractivity contribution in [2.45, 2.75) is 104 Å². The van der Waals surface area contributed by atoms with E-state index in [9.17, 15) is 4.79 Å². The molecule has 0 spiro atoms. The zero-order valence-corrected chi connectivity index (χ0v) is 25.7. The van der Waals surface area contributed by atoms with E-state index in [2.05, 4.69) is 40.7 Å². The number of rotatable bonds is 20. The van der Waals surface area contributed by atoms with Gasteiger partial charge in [-0.15, -0.1) is 0 Å². The van der Waals surface area contributed by atoms with Gasteiger partial charge in [0.05, 0.1) is 25.6 Å². The van der Waals surface area contributed by atoms with E-state index in [1.54, 1.807) is 30.3 Å². The number of hydrogen-bond donors (Lipinski definition) is 0. The summed E-state index contributed by atoms with van der Waals surface area (Å²) < 4.78 is 13.8. The number of methoxy groups -OCH3 is 1. The van der Waals surface area contributed by atoms with Crippen molar-refractivity contribution in [3.8, 4) is 11.5 Å². The Kier molecular flexibility index (Phi) is 14.6. The lowest BCUT2D eigenvalue weighted by molar-refractivity contribution is -0.683. The molecule has 0 N–H and O–H groups in total. The van der Waals surface area contributed by atoms with E-state index in [1.807, 2.05) is 30.3 Å². The van der Waals surface area contributed by atoms with Gasteiger partial charge in [0, 0.05) is 18.2 Å². The predicted molar refractivity (Wildman–Crippen MR) is 166 cm³/mol. The lowest BCUT2D eigenvalue weighted by Crippen LogP contribution is -2.30. The minimum atomic E-state index is 0.00902. The number of amides is 1. The van der Waals surface area contributed by atoms with Crippen LogP contribution in [0.25, 0.3) is 0 Å². The van der Waals surface area contributed by atoms with Gasteiger partial charge in [-0.1, -0.05) is 107 Å². The van der Waals surface area contributed by atoms with Crippen molar-refractivity contribution in [3.63, 3.8) is 0 Å². The molecule has 0 fully saturated rings. The number of aromatic nitrogens is 1. The summed E-state index contributed by atoms with van der Waals surface area (Å²) in [4.78, 5) is 14.4. The lowest BCUT2D eigenvalue weighted by atomic mass is 10.1. The van der Waals surface area contributed by atoms with E-state index in [4.69, 9.17) is 9.47 Å². The van der Waals surface area contributed by atoms with E-state index in [0.29, 0.717) is 13.2 Å². The molecule has 1 amide bonds. The maximum atomic E-state index is 12.6. The number of carbonyl (C=O) groups is 1. The van der Waals surface area contributed by atoms with E-state index in [-0.39, 0.29) is 5.91 Å². The summed E-state index contributed by atoms with van der Waals surface area (Å²) in [7, 11) is 1.67. The van der Waals surface area contributed by atoms with Crippen LogP contribution >= 0.6 is 11.3 Å². The molecule has 1 aromatic heterocycles. The van der Waals surface area contributed by atoms with Crippen LogP contribution in [-0.2, 0) is 17.9 Å². The second-order valence-electron chi connectivity index (χ2n) is 10.7. The van der Waals surface area contributed by atoms with Gasteiger partial charge >= 0.3 is 0 Å². The summed E-state index contributed by atoms with van der Waals surface area (Å²) in [6.45, 7) is 5.87.